The van der Waals surface area contributed by atoms with E-state index in [0.29, 0.717) is 5.57 Å². The molecule has 0 fully saturated rings. The lowest BCUT2D eigenvalue weighted by atomic mass is 10.3. The van der Waals surface area contributed by atoms with Gasteiger partial charge in [-0.15, -0.1) is 0 Å². The van der Waals surface area contributed by atoms with E-state index in [9.17, 15) is 4.39 Å². The monoisotopic (exact) mass is 146 g/mol. The molecule has 0 aliphatic heterocycles. The first-order valence-corrected chi connectivity index (χ1v) is 2.81. The van der Waals surface area contributed by atoms with Crippen molar-refractivity contribution in [3.63, 3.8) is 0 Å². The zero-order valence-electron chi connectivity index (χ0n) is 5.25. The second-order valence-electron chi connectivity index (χ2n) is 1.65. The van der Waals surface area contributed by atoms with E-state index in [1.807, 2.05) is 0 Å². The minimum absolute atomic E-state index is 0.0463. The van der Waals surface area contributed by atoms with Crippen LogP contribution in [0.15, 0.2) is 35.7 Å². The fourth-order valence-corrected chi connectivity index (χ4v) is 0.371. The van der Waals surface area contributed by atoms with Crippen LogP contribution in [0, 0.1) is 0 Å². The lowest BCUT2D eigenvalue weighted by Gasteiger charge is -1.93. The summed E-state index contributed by atoms with van der Waals surface area (Å²) in [4.78, 5) is 0. The second kappa shape index (κ2) is 3.46. The lowest BCUT2D eigenvalue weighted by molar-refractivity contribution is 0.664. The Morgan fingerprint density at radius 3 is 2.22 bits per heavy atom. The van der Waals surface area contributed by atoms with Gasteiger partial charge >= 0.3 is 0 Å². The average Bonchev–Trinajstić information content (AvgIpc) is 1.84. The third kappa shape index (κ3) is 2.47. The van der Waals surface area contributed by atoms with Crippen LogP contribution >= 0.6 is 11.6 Å². The third-order valence-electron chi connectivity index (χ3n) is 0.764. The molecule has 0 spiro atoms. The van der Waals surface area contributed by atoms with Gasteiger partial charge < -0.3 is 0 Å². The largest absolute Gasteiger partial charge is 0.205 e. The number of allylic oxidation sites excluding steroid dienone is 4. The Bertz CT molecular complexity index is 168. The highest BCUT2D eigenvalue weighted by Crippen LogP contribution is 2.18. The van der Waals surface area contributed by atoms with Gasteiger partial charge in [-0.2, -0.15) is 0 Å². The van der Waals surface area contributed by atoms with E-state index in [1.165, 1.54) is 0 Å². The van der Waals surface area contributed by atoms with Crippen LogP contribution in [-0.2, 0) is 0 Å². The second-order valence-corrected chi connectivity index (χ2v) is 2.02. The van der Waals surface area contributed by atoms with Gasteiger partial charge in [-0.3, -0.25) is 0 Å². The summed E-state index contributed by atoms with van der Waals surface area (Å²) in [5.74, 6) is -0.524. The molecule has 0 atom stereocenters. The molecule has 0 aliphatic carbocycles. The highest BCUT2D eigenvalue weighted by molar-refractivity contribution is 6.32. The van der Waals surface area contributed by atoms with E-state index in [4.69, 9.17) is 11.6 Å². The van der Waals surface area contributed by atoms with Crippen LogP contribution in [0.1, 0.15) is 6.92 Å². The molecule has 0 aromatic heterocycles. The van der Waals surface area contributed by atoms with Crippen LogP contribution in [0.2, 0.25) is 0 Å². The van der Waals surface area contributed by atoms with Crippen molar-refractivity contribution in [3.8, 4) is 0 Å². The molecule has 0 N–H and O–H groups in total. The highest BCUT2D eigenvalue weighted by Gasteiger charge is 1.98. The smallest absolute Gasteiger partial charge is 0.141 e. The van der Waals surface area contributed by atoms with Crippen molar-refractivity contribution in [1.29, 1.82) is 0 Å². The Balaban J connectivity index is 4.47. The van der Waals surface area contributed by atoms with Crippen molar-refractivity contribution in [2.24, 2.45) is 0 Å². The van der Waals surface area contributed by atoms with Crippen molar-refractivity contribution in [2.45, 2.75) is 6.92 Å². The lowest BCUT2D eigenvalue weighted by Crippen LogP contribution is -1.75. The topological polar surface area (TPSA) is 0 Å². The van der Waals surface area contributed by atoms with Gasteiger partial charge in [0.25, 0.3) is 0 Å². The summed E-state index contributed by atoms with van der Waals surface area (Å²) in [7, 11) is 0. The molecule has 0 nitrogen and oxygen atoms in total. The van der Waals surface area contributed by atoms with Gasteiger partial charge in [0.05, 0.1) is 5.03 Å². The van der Waals surface area contributed by atoms with Crippen LogP contribution in [-0.4, -0.2) is 0 Å². The minimum atomic E-state index is -0.524. The molecule has 0 amide bonds. The Labute approximate surface area is 59.3 Å². The van der Waals surface area contributed by atoms with E-state index >= 15 is 0 Å². The van der Waals surface area contributed by atoms with Crippen molar-refractivity contribution in [1.82, 2.24) is 0 Å². The van der Waals surface area contributed by atoms with Crippen LogP contribution in [0.4, 0.5) is 4.39 Å². The van der Waals surface area contributed by atoms with Gasteiger partial charge in [0, 0.05) is 0 Å². The Kier molecular flexibility index (Phi) is 3.25. The maximum atomic E-state index is 12.3. The summed E-state index contributed by atoms with van der Waals surface area (Å²) in [5.41, 5.74) is 0.508. The molecule has 2 heteroatoms. The van der Waals surface area contributed by atoms with Gasteiger partial charge in [-0.05, 0) is 18.6 Å². The molecule has 0 aromatic carbocycles. The molecule has 0 heterocycles. The molecule has 0 rings (SSSR count). The van der Waals surface area contributed by atoms with E-state index in [1.54, 1.807) is 6.92 Å². The van der Waals surface area contributed by atoms with E-state index < -0.39 is 5.83 Å². The maximum absolute atomic E-state index is 12.3. The first-order chi connectivity index (χ1) is 4.09. The van der Waals surface area contributed by atoms with Gasteiger partial charge in [0.15, 0.2) is 0 Å². The fraction of sp³-hybridized carbons (Fsp3) is 0.143. The summed E-state index contributed by atoms with van der Waals surface area (Å²) in [6.07, 6.45) is 1.05. The number of rotatable bonds is 2. The van der Waals surface area contributed by atoms with E-state index in [2.05, 4.69) is 13.2 Å². The third-order valence-corrected chi connectivity index (χ3v) is 1.27. The van der Waals surface area contributed by atoms with Crippen LogP contribution in [0.25, 0.3) is 0 Å². The van der Waals surface area contributed by atoms with Gasteiger partial charge in [-0.25, -0.2) is 4.39 Å². The molecular formula is C7H8ClF. The highest BCUT2D eigenvalue weighted by atomic mass is 35.5. The Morgan fingerprint density at radius 2 is 2.11 bits per heavy atom. The molecule has 0 aliphatic rings. The first-order valence-electron chi connectivity index (χ1n) is 2.43. The van der Waals surface area contributed by atoms with Gasteiger partial charge in [-0.1, -0.05) is 24.8 Å². The maximum Gasteiger partial charge on any atom is 0.141 e. The van der Waals surface area contributed by atoms with Crippen molar-refractivity contribution in [2.75, 3.05) is 0 Å². The summed E-state index contributed by atoms with van der Waals surface area (Å²) >= 11 is 5.40. The number of hydrogen-bond donors (Lipinski definition) is 0. The molecular weight excluding hydrogens is 139 g/mol. The fourth-order valence-electron chi connectivity index (χ4n) is 0.293. The predicted octanol–water partition coefficient (Wildman–Crippen LogP) is 3.17. The molecule has 0 saturated heterocycles. The summed E-state index contributed by atoms with van der Waals surface area (Å²) in [6.45, 7) is 8.28. The molecule has 0 aromatic rings. The molecule has 0 unspecified atom stereocenters. The summed E-state index contributed by atoms with van der Waals surface area (Å²) < 4.78 is 12.3. The molecule has 9 heavy (non-hydrogen) atoms. The zero-order valence-corrected chi connectivity index (χ0v) is 6.00. The van der Waals surface area contributed by atoms with Crippen molar-refractivity contribution >= 4 is 11.6 Å². The minimum Gasteiger partial charge on any atom is -0.205 e. The van der Waals surface area contributed by atoms with Crippen LogP contribution in [0.3, 0.4) is 0 Å². The molecule has 0 saturated carbocycles. The van der Waals surface area contributed by atoms with Crippen molar-refractivity contribution < 1.29 is 4.39 Å². The molecule has 0 bridgehead atoms. The summed E-state index contributed by atoms with van der Waals surface area (Å²) in [5, 5.41) is 0.0463. The standard InChI is InChI=1S/C7H8ClF/c1-4-6(9)7(8)5(2)3/h4H,1-2H2,3H3/b7-6-. The first kappa shape index (κ1) is 8.44. The molecule has 50 valence electrons. The van der Waals surface area contributed by atoms with Crippen molar-refractivity contribution in [3.05, 3.63) is 35.7 Å². The van der Waals surface area contributed by atoms with Gasteiger partial charge in [0.2, 0.25) is 0 Å². The normalized spacial score (nSPS) is 12.3. The Hall–Kier alpha value is -0.560. The van der Waals surface area contributed by atoms with Crippen LogP contribution < -0.4 is 0 Å². The quantitative estimate of drug-likeness (QED) is 0.525. The molecule has 0 radical (unpaired) electrons. The van der Waals surface area contributed by atoms with E-state index in [0.717, 1.165) is 6.08 Å². The number of hydrogen-bond acceptors (Lipinski definition) is 0. The average molecular weight is 147 g/mol. The van der Waals surface area contributed by atoms with Gasteiger partial charge in [0.1, 0.15) is 5.83 Å². The zero-order chi connectivity index (χ0) is 7.44. The van der Waals surface area contributed by atoms with E-state index in [-0.39, 0.29) is 5.03 Å². The number of halogens is 2. The Morgan fingerprint density at radius 1 is 1.67 bits per heavy atom. The predicted molar refractivity (Wildman–Crippen MR) is 39.0 cm³/mol. The van der Waals surface area contributed by atoms with Crippen LogP contribution in [0.5, 0.6) is 0 Å². The summed E-state index contributed by atoms with van der Waals surface area (Å²) in [6, 6.07) is 0. The SMILES string of the molecule is C=C/C(F)=C(/Cl)C(=C)C.